The Kier molecular flexibility index (Phi) is 2.44. The number of para-hydroxylation sites is 1. The minimum atomic E-state index is 0.447. The molecule has 2 N–H and O–H groups in total. The smallest absolute Gasteiger partial charge is 0.113 e. The van der Waals surface area contributed by atoms with E-state index in [-0.39, 0.29) is 0 Å². The Hall–Kier alpha value is -1.35. The molecule has 1 saturated carbocycles. The van der Waals surface area contributed by atoms with Gasteiger partial charge in [0.1, 0.15) is 5.82 Å². The van der Waals surface area contributed by atoms with Crippen LogP contribution in [0, 0.1) is 0 Å². The molecule has 0 spiro atoms. The Balaban J connectivity index is 2.31. The van der Waals surface area contributed by atoms with Gasteiger partial charge >= 0.3 is 0 Å². The summed E-state index contributed by atoms with van der Waals surface area (Å²) >= 11 is 0. The summed E-state index contributed by atoms with van der Waals surface area (Å²) in [5, 5.41) is 0. The van der Waals surface area contributed by atoms with Gasteiger partial charge in [0.25, 0.3) is 0 Å². The predicted molar refractivity (Wildman–Crippen MR) is 70.0 cm³/mol. The second-order valence-electron chi connectivity index (χ2n) is 5.20. The molecule has 0 bridgehead atoms. The minimum absolute atomic E-state index is 0.447. The molecular weight excluding hydrogens is 210 g/mol. The summed E-state index contributed by atoms with van der Waals surface area (Å²) in [6.45, 7) is 5.03. The van der Waals surface area contributed by atoms with E-state index in [9.17, 15) is 0 Å². The van der Waals surface area contributed by atoms with E-state index in [0.717, 1.165) is 5.52 Å². The van der Waals surface area contributed by atoms with Crippen LogP contribution in [0.1, 0.15) is 50.0 Å². The van der Waals surface area contributed by atoms with Crippen LogP contribution in [0.4, 0.5) is 0 Å². The summed E-state index contributed by atoms with van der Waals surface area (Å²) in [7, 11) is 0. The summed E-state index contributed by atoms with van der Waals surface area (Å²) in [5.74, 6) is 1.94. The third-order valence-electron chi connectivity index (χ3n) is 3.50. The summed E-state index contributed by atoms with van der Waals surface area (Å²) in [6, 6.07) is 6.71. The van der Waals surface area contributed by atoms with E-state index in [2.05, 4.69) is 36.6 Å². The summed E-state index contributed by atoms with van der Waals surface area (Å²) in [4.78, 5) is 4.81. The molecular formula is C14H19N3. The van der Waals surface area contributed by atoms with Gasteiger partial charge in [-0.15, -0.1) is 0 Å². The molecule has 0 amide bonds. The number of nitrogens with zero attached hydrogens (tertiary/aromatic N) is 2. The van der Waals surface area contributed by atoms with Crippen LogP contribution in [0.2, 0.25) is 0 Å². The number of imidazole rings is 1. The number of nitrogens with two attached hydrogens (primary N) is 1. The fourth-order valence-corrected chi connectivity index (χ4v) is 2.55. The molecule has 3 heteroatoms. The number of benzene rings is 1. The second-order valence-corrected chi connectivity index (χ2v) is 5.20. The quantitative estimate of drug-likeness (QED) is 0.879. The molecule has 1 aliphatic carbocycles. The largest absolute Gasteiger partial charge is 0.326 e. The number of rotatable bonds is 3. The van der Waals surface area contributed by atoms with Crippen molar-refractivity contribution in [3.05, 3.63) is 29.6 Å². The normalized spacial score (nSPS) is 16.0. The van der Waals surface area contributed by atoms with Crippen molar-refractivity contribution in [1.82, 2.24) is 9.55 Å². The molecule has 1 aromatic carbocycles. The first-order valence-electron chi connectivity index (χ1n) is 6.42. The average molecular weight is 229 g/mol. The van der Waals surface area contributed by atoms with Crippen LogP contribution in [0.25, 0.3) is 11.0 Å². The Morgan fingerprint density at radius 2 is 2.18 bits per heavy atom. The number of hydrogen-bond acceptors (Lipinski definition) is 2. The third-order valence-corrected chi connectivity index (χ3v) is 3.50. The number of fused-ring (bicyclic) bond motifs is 1. The van der Waals surface area contributed by atoms with E-state index in [1.54, 1.807) is 0 Å². The topological polar surface area (TPSA) is 43.8 Å². The molecule has 0 atom stereocenters. The minimum Gasteiger partial charge on any atom is -0.326 e. The molecule has 3 nitrogen and oxygen atoms in total. The fraction of sp³-hybridized carbons (Fsp3) is 0.500. The van der Waals surface area contributed by atoms with Gasteiger partial charge in [0.2, 0.25) is 0 Å². The Morgan fingerprint density at radius 3 is 2.76 bits per heavy atom. The van der Waals surface area contributed by atoms with E-state index < -0.39 is 0 Å². The monoisotopic (exact) mass is 229 g/mol. The molecule has 90 valence electrons. The van der Waals surface area contributed by atoms with E-state index in [4.69, 9.17) is 10.7 Å². The Bertz CT molecular complexity index is 550. The summed E-state index contributed by atoms with van der Waals surface area (Å²) < 4.78 is 2.38. The van der Waals surface area contributed by atoms with Gasteiger partial charge in [0.15, 0.2) is 0 Å². The summed E-state index contributed by atoms with van der Waals surface area (Å²) in [5.41, 5.74) is 9.39. The molecule has 1 heterocycles. The standard InChI is InChI=1S/C14H19N3/c1-9(2)17-13-11(8-15)4-3-5-12(13)16-14(17)10-6-7-10/h3-5,9-10H,6-8,15H2,1-2H3. The van der Waals surface area contributed by atoms with Crippen LogP contribution in [-0.4, -0.2) is 9.55 Å². The van der Waals surface area contributed by atoms with Crippen molar-refractivity contribution < 1.29 is 0 Å². The molecule has 17 heavy (non-hydrogen) atoms. The molecule has 1 fully saturated rings. The van der Waals surface area contributed by atoms with Crippen LogP contribution in [0.15, 0.2) is 18.2 Å². The predicted octanol–water partition coefficient (Wildman–Crippen LogP) is 2.95. The highest BCUT2D eigenvalue weighted by molar-refractivity contribution is 5.80. The number of hydrogen-bond donors (Lipinski definition) is 1. The van der Waals surface area contributed by atoms with Gasteiger partial charge in [0.05, 0.1) is 11.0 Å². The highest BCUT2D eigenvalue weighted by Crippen LogP contribution is 2.42. The maximum atomic E-state index is 5.84. The van der Waals surface area contributed by atoms with Gasteiger partial charge in [0, 0.05) is 18.5 Å². The Labute approximate surface area is 102 Å². The maximum Gasteiger partial charge on any atom is 0.113 e. The van der Waals surface area contributed by atoms with Gasteiger partial charge in [-0.3, -0.25) is 0 Å². The SMILES string of the molecule is CC(C)n1c(C2CC2)nc2cccc(CN)c21. The molecule has 0 unspecified atom stereocenters. The van der Waals surface area contributed by atoms with Crippen molar-refractivity contribution >= 4 is 11.0 Å². The molecule has 0 saturated heterocycles. The first-order valence-corrected chi connectivity index (χ1v) is 6.42. The first-order chi connectivity index (χ1) is 8.22. The van der Waals surface area contributed by atoms with Gasteiger partial charge in [-0.25, -0.2) is 4.98 Å². The lowest BCUT2D eigenvalue weighted by Gasteiger charge is -2.14. The van der Waals surface area contributed by atoms with Gasteiger partial charge < -0.3 is 10.3 Å². The maximum absolute atomic E-state index is 5.84. The lowest BCUT2D eigenvalue weighted by molar-refractivity contribution is 0.584. The van der Waals surface area contributed by atoms with Crippen LogP contribution < -0.4 is 5.73 Å². The summed E-state index contributed by atoms with van der Waals surface area (Å²) in [6.07, 6.45) is 2.57. The molecule has 2 aromatic rings. The zero-order valence-corrected chi connectivity index (χ0v) is 10.5. The van der Waals surface area contributed by atoms with Crippen molar-refractivity contribution in [3.8, 4) is 0 Å². The van der Waals surface area contributed by atoms with Crippen LogP contribution in [0.3, 0.4) is 0 Å². The van der Waals surface area contributed by atoms with Crippen LogP contribution >= 0.6 is 0 Å². The molecule has 0 aliphatic heterocycles. The first kappa shape index (κ1) is 10.8. The van der Waals surface area contributed by atoms with Gasteiger partial charge in [-0.05, 0) is 38.3 Å². The fourth-order valence-electron chi connectivity index (χ4n) is 2.55. The van der Waals surface area contributed by atoms with Crippen LogP contribution in [0.5, 0.6) is 0 Å². The zero-order valence-electron chi connectivity index (χ0n) is 10.5. The van der Waals surface area contributed by atoms with Crippen molar-refractivity contribution in [1.29, 1.82) is 0 Å². The highest BCUT2D eigenvalue weighted by atomic mass is 15.1. The van der Waals surface area contributed by atoms with E-state index in [1.807, 2.05) is 0 Å². The van der Waals surface area contributed by atoms with E-state index >= 15 is 0 Å². The molecule has 0 radical (unpaired) electrons. The van der Waals surface area contributed by atoms with E-state index in [0.29, 0.717) is 18.5 Å². The molecule has 3 rings (SSSR count). The third kappa shape index (κ3) is 1.65. The lowest BCUT2D eigenvalue weighted by atomic mass is 10.1. The van der Waals surface area contributed by atoms with Crippen molar-refractivity contribution in [3.63, 3.8) is 0 Å². The van der Waals surface area contributed by atoms with Crippen LogP contribution in [-0.2, 0) is 6.54 Å². The van der Waals surface area contributed by atoms with Crippen molar-refractivity contribution in [2.24, 2.45) is 5.73 Å². The van der Waals surface area contributed by atoms with Gasteiger partial charge in [-0.2, -0.15) is 0 Å². The molecule has 1 aromatic heterocycles. The number of aromatic nitrogens is 2. The highest BCUT2D eigenvalue weighted by Gasteiger charge is 2.30. The lowest BCUT2D eigenvalue weighted by Crippen LogP contribution is -2.08. The van der Waals surface area contributed by atoms with Gasteiger partial charge in [-0.1, -0.05) is 12.1 Å². The Morgan fingerprint density at radius 1 is 1.41 bits per heavy atom. The van der Waals surface area contributed by atoms with E-state index in [1.165, 1.54) is 29.7 Å². The zero-order chi connectivity index (χ0) is 12.0. The second kappa shape index (κ2) is 3.84. The van der Waals surface area contributed by atoms with Crippen molar-refractivity contribution in [2.75, 3.05) is 0 Å². The van der Waals surface area contributed by atoms with Crippen molar-refractivity contribution in [2.45, 2.75) is 45.2 Å². The average Bonchev–Trinajstić information content (AvgIpc) is 3.08. The molecule has 1 aliphatic rings.